The van der Waals surface area contributed by atoms with Gasteiger partial charge >= 0.3 is 0 Å². The van der Waals surface area contributed by atoms with Crippen molar-refractivity contribution < 1.29 is 4.79 Å². The summed E-state index contributed by atoms with van der Waals surface area (Å²) in [6.07, 6.45) is 12.3. The first-order valence-corrected chi connectivity index (χ1v) is 5.94. The summed E-state index contributed by atoms with van der Waals surface area (Å²) in [5.41, 5.74) is 0.746. The third-order valence-electron chi connectivity index (χ3n) is 2.52. The SMILES string of the molecule is C=C(C=O)CCCCCCCCCC. The fourth-order valence-electron chi connectivity index (χ4n) is 1.54. The van der Waals surface area contributed by atoms with Crippen molar-refractivity contribution >= 4 is 6.29 Å². The average molecular weight is 196 g/mol. The maximum atomic E-state index is 10.2. The molecule has 0 aromatic heterocycles. The number of rotatable bonds is 10. The normalized spacial score (nSPS) is 10.1. The topological polar surface area (TPSA) is 17.1 Å². The molecule has 0 aliphatic rings. The van der Waals surface area contributed by atoms with Crippen LogP contribution in [0, 0.1) is 0 Å². The van der Waals surface area contributed by atoms with E-state index in [1.807, 2.05) is 0 Å². The second-order valence-corrected chi connectivity index (χ2v) is 4.00. The van der Waals surface area contributed by atoms with Crippen LogP contribution in [0.25, 0.3) is 0 Å². The van der Waals surface area contributed by atoms with Gasteiger partial charge in [0.1, 0.15) is 6.29 Å². The lowest BCUT2D eigenvalue weighted by atomic mass is 10.1. The molecule has 0 aromatic rings. The summed E-state index contributed by atoms with van der Waals surface area (Å²) in [5.74, 6) is 0. The fourth-order valence-corrected chi connectivity index (χ4v) is 1.54. The Morgan fingerprint density at radius 1 is 1.00 bits per heavy atom. The van der Waals surface area contributed by atoms with Crippen LogP contribution in [-0.4, -0.2) is 6.29 Å². The fraction of sp³-hybridized carbons (Fsp3) is 0.769. The van der Waals surface area contributed by atoms with Crippen molar-refractivity contribution in [1.29, 1.82) is 0 Å². The van der Waals surface area contributed by atoms with Crippen molar-refractivity contribution in [2.75, 3.05) is 0 Å². The zero-order chi connectivity index (χ0) is 10.6. The number of aldehydes is 1. The highest BCUT2D eigenvalue weighted by Gasteiger charge is 1.93. The molecule has 0 aliphatic carbocycles. The maximum absolute atomic E-state index is 10.2. The second-order valence-electron chi connectivity index (χ2n) is 4.00. The Hall–Kier alpha value is -0.590. The Labute approximate surface area is 88.6 Å². The molecule has 0 unspecified atom stereocenters. The molecule has 0 bridgehead atoms. The number of hydrogen-bond donors (Lipinski definition) is 0. The van der Waals surface area contributed by atoms with Gasteiger partial charge in [-0.25, -0.2) is 0 Å². The molecule has 1 heteroatoms. The van der Waals surface area contributed by atoms with E-state index >= 15 is 0 Å². The largest absolute Gasteiger partial charge is 0.298 e. The molecular formula is C13H24O. The minimum atomic E-state index is 0.746. The van der Waals surface area contributed by atoms with E-state index in [4.69, 9.17) is 0 Å². The van der Waals surface area contributed by atoms with E-state index in [1.165, 1.54) is 44.9 Å². The van der Waals surface area contributed by atoms with Crippen LogP contribution >= 0.6 is 0 Å². The van der Waals surface area contributed by atoms with Gasteiger partial charge in [0.2, 0.25) is 0 Å². The molecule has 14 heavy (non-hydrogen) atoms. The molecule has 0 aliphatic heterocycles. The summed E-state index contributed by atoms with van der Waals surface area (Å²) < 4.78 is 0. The van der Waals surface area contributed by atoms with Gasteiger partial charge < -0.3 is 0 Å². The summed E-state index contributed by atoms with van der Waals surface area (Å²) >= 11 is 0. The number of carbonyl (C=O) groups is 1. The highest BCUT2D eigenvalue weighted by atomic mass is 16.1. The molecule has 0 saturated heterocycles. The Morgan fingerprint density at radius 3 is 2.00 bits per heavy atom. The molecule has 0 fully saturated rings. The lowest BCUT2D eigenvalue weighted by molar-refractivity contribution is -0.105. The van der Waals surface area contributed by atoms with E-state index in [1.54, 1.807) is 0 Å². The molecule has 0 aromatic carbocycles. The number of allylic oxidation sites excluding steroid dienone is 1. The molecule has 0 heterocycles. The minimum Gasteiger partial charge on any atom is -0.298 e. The zero-order valence-corrected chi connectivity index (χ0v) is 9.56. The van der Waals surface area contributed by atoms with E-state index in [0.717, 1.165) is 24.7 Å². The summed E-state index contributed by atoms with van der Waals surface area (Å²) in [5, 5.41) is 0. The average Bonchev–Trinajstić information content (AvgIpc) is 2.21. The number of hydrogen-bond acceptors (Lipinski definition) is 1. The quantitative estimate of drug-likeness (QED) is 0.290. The Kier molecular flexibility index (Phi) is 10.0. The summed E-state index contributed by atoms with van der Waals surface area (Å²) in [4.78, 5) is 10.2. The van der Waals surface area contributed by atoms with Crippen molar-refractivity contribution in [3.63, 3.8) is 0 Å². The second kappa shape index (κ2) is 10.5. The molecule has 0 spiro atoms. The first-order valence-electron chi connectivity index (χ1n) is 5.94. The summed E-state index contributed by atoms with van der Waals surface area (Å²) in [6, 6.07) is 0. The third kappa shape index (κ3) is 9.50. The Morgan fingerprint density at radius 2 is 1.50 bits per heavy atom. The first-order chi connectivity index (χ1) is 6.81. The van der Waals surface area contributed by atoms with Gasteiger partial charge in [0.15, 0.2) is 0 Å². The molecular weight excluding hydrogens is 172 g/mol. The van der Waals surface area contributed by atoms with E-state index in [-0.39, 0.29) is 0 Å². The van der Waals surface area contributed by atoms with Gasteiger partial charge in [0.25, 0.3) is 0 Å². The first kappa shape index (κ1) is 13.4. The van der Waals surface area contributed by atoms with Crippen LogP contribution in [0.5, 0.6) is 0 Å². The van der Waals surface area contributed by atoms with Gasteiger partial charge in [0, 0.05) is 0 Å². The van der Waals surface area contributed by atoms with Crippen molar-refractivity contribution in [2.24, 2.45) is 0 Å². The number of unbranched alkanes of at least 4 members (excludes halogenated alkanes) is 7. The van der Waals surface area contributed by atoms with Crippen molar-refractivity contribution in [3.05, 3.63) is 12.2 Å². The highest BCUT2D eigenvalue weighted by Crippen LogP contribution is 2.10. The van der Waals surface area contributed by atoms with Crippen LogP contribution in [-0.2, 0) is 4.79 Å². The molecule has 0 radical (unpaired) electrons. The predicted molar refractivity (Wildman–Crippen MR) is 62.4 cm³/mol. The Bertz CT molecular complexity index is 149. The predicted octanol–water partition coefficient (Wildman–Crippen LogP) is 4.27. The van der Waals surface area contributed by atoms with Gasteiger partial charge in [-0.2, -0.15) is 0 Å². The lowest BCUT2D eigenvalue weighted by Crippen LogP contribution is -1.84. The van der Waals surface area contributed by atoms with Crippen LogP contribution in [0.3, 0.4) is 0 Å². The Balaban J connectivity index is 2.99. The molecule has 0 rings (SSSR count). The van der Waals surface area contributed by atoms with Crippen LogP contribution in [0.1, 0.15) is 64.7 Å². The lowest BCUT2D eigenvalue weighted by Gasteiger charge is -2.00. The van der Waals surface area contributed by atoms with Gasteiger partial charge in [-0.3, -0.25) is 4.79 Å². The maximum Gasteiger partial charge on any atom is 0.145 e. The standard InChI is InChI=1S/C13H24O/c1-3-4-5-6-7-8-9-10-11-13(2)12-14/h12H,2-11H2,1H3. The van der Waals surface area contributed by atoms with E-state index in [2.05, 4.69) is 13.5 Å². The van der Waals surface area contributed by atoms with Gasteiger partial charge in [-0.1, -0.05) is 58.4 Å². The molecule has 0 N–H and O–H groups in total. The minimum absolute atomic E-state index is 0.746. The van der Waals surface area contributed by atoms with Crippen LogP contribution in [0.4, 0.5) is 0 Å². The summed E-state index contributed by atoms with van der Waals surface area (Å²) in [6.45, 7) is 5.90. The highest BCUT2D eigenvalue weighted by molar-refractivity contribution is 5.71. The van der Waals surface area contributed by atoms with Crippen LogP contribution in [0.15, 0.2) is 12.2 Å². The van der Waals surface area contributed by atoms with Crippen molar-refractivity contribution in [1.82, 2.24) is 0 Å². The monoisotopic (exact) mass is 196 g/mol. The zero-order valence-electron chi connectivity index (χ0n) is 9.56. The van der Waals surface area contributed by atoms with E-state index in [0.29, 0.717) is 0 Å². The number of carbonyl (C=O) groups excluding carboxylic acids is 1. The molecule has 1 nitrogen and oxygen atoms in total. The van der Waals surface area contributed by atoms with Gasteiger partial charge in [-0.15, -0.1) is 0 Å². The summed E-state index contributed by atoms with van der Waals surface area (Å²) in [7, 11) is 0. The molecule has 0 atom stereocenters. The van der Waals surface area contributed by atoms with Crippen LogP contribution < -0.4 is 0 Å². The molecule has 0 saturated carbocycles. The third-order valence-corrected chi connectivity index (χ3v) is 2.52. The van der Waals surface area contributed by atoms with E-state index in [9.17, 15) is 4.79 Å². The van der Waals surface area contributed by atoms with Crippen molar-refractivity contribution in [3.8, 4) is 0 Å². The molecule has 82 valence electrons. The molecule has 0 amide bonds. The van der Waals surface area contributed by atoms with Crippen LogP contribution in [0.2, 0.25) is 0 Å². The smallest absolute Gasteiger partial charge is 0.145 e. The van der Waals surface area contributed by atoms with Gasteiger partial charge in [0.05, 0.1) is 0 Å². The van der Waals surface area contributed by atoms with E-state index < -0.39 is 0 Å². The van der Waals surface area contributed by atoms with Crippen molar-refractivity contribution in [2.45, 2.75) is 64.7 Å². The van der Waals surface area contributed by atoms with Gasteiger partial charge in [-0.05, 0) is 18.4 Å².